The van der Waals surface area contributed by atoms with Crippen LogP contribution in [0.2, 0.25) is 0 Å². The lowest BCUT2D eigenvalue weighted by Gasteiger charge is -2.42. The van der Waals surface area contributed by atoms with Crippen molar-refractivity contribution in [1.29, 1.82) is 0 Å². The number of halogens is 1. The van der Waals surface area contributed by atoms with Crippen molar-refractivity contribution in [2.45, 2.75) is 31.1 Å². The van der Waals surface area contributed by atoms with Crippen LogP contribution in [0.3, 0.4) is 0 Å². The Morgan fingerprint density at radius 2 is 2.00 bits per heavy atom. The van der Waals surface area contributed by atoms with Crippen LogP contribution in [0.15, 0.2) is 0 Å². The van der Waals surface area contributed by atoms with Crippen molar-refractivity contribution in [2.75, 3.05) is 0 Å². The molecule has 1 unspecified atom stereocenters. The van der Waals surface area contributed by atoms with E-state index < -0.39 is 17.4 Å². The number of carbonyl (C=O) groups is 2. The molecule has 0 aromatic carbocycles. The second kappa shape index (κ2) is 2.46. The van der Waals surface area contributed by atoms with Gasteiger partial charge < -0.3 is 4.74 Å². The summed E-state index contributed by atoms with van der Waals surface area (Å²) < 4.78 is 4.34. The number of hydrogen-bond donors (Lipinski definition) is 0. The Morgan fingerprint density at radius 1 is 1.33 bits per heavy atom. The zero-order valence-corrected chi connectivity index (χ0v) is 7.26. The average Bonchev–Trinajstić information content (AvgIpc) is 2.05. The number of alkyl halides is 1. The summed E-state index contributed by atoms with van der Waals surface area (Å²) in [5.41, 5.74) is -0.959. The molecule has 2 fully saturated rings. The lowest BCUT2D eigenvalue weighted by atomic mass is 9.71. The highest BCUT2D eigenvalue weighted by atomic mass is 35.5. The Labute approximate surface area is 75.0 Å². The number of rotatable bonds is 0. The van der Waals surface area contributed by atoms with Crippen molar-refractivity contribution >= 4 is 23.5 Å². The van der Waals surface area contributed by atoms with E-state index in [9.17, 15) is 9.59 Å². The second-order valence-corrected chi connectivity index (χ2v) is 3.89. The van der Waals surface area contributed by atoms with E-state index in [-0.39, 0.29) is 5.38 Å². The second-order valence-electron chi connectivity index (χ2n) is 3.36. The SMILES string of the molecule is O=C1OC(=O)C12CCCCC2Cl. The zero-order chi connectivity index (χ0) is 8.77. The molecule has 0 aromatic rings. The molecule has 1 saturated heterocycles. The van der Waals surface area contributed by atoms with Crippen LogP contribution >= 0.6 is 11.6 Å². The summed E-state index contributed by atoms with van der Waals surface area (Å²) in [6, 6.07) is 0. The molecule has 4 heteroatoms. The van der Waals surface area contributed by atoms with Crippen LogP contribution in [-0.4, -0.2) is 17.3 Å². The fourth-order valence-electron chi connectivity index (χ4n) is 1.89. The minimum absolute atomic E-state index is 0.347. The molecule has 1 atom stereocenters. The van der Waals surface area contributed by atoms with E-state index in [4.69, 9.17) is 11.6 Å². The van der Waals surface area contributed by atoms with Crippen LogP contribution in [0.4, 0.5) is 0 Å². The van der Waals surface area contributed by atoms with Gasteiger partial charge in [-0.1, -0.05) is 12.8 Å². The molecule has 2 aliphatic rings. The van der Waals surface area contributed by atoms with E-state index >= 15 is 0 Å². The van der Waals surface area contributed by atoms with Gasteiger partial charge in [0.25, 0.3) is 0 Å². The lowest BCUT2D eigenvalue weighted by Crippen LogP contribution is -2.59. The van der Waals surface area contributed by atoms with E-state index in [2.05, 4.69) is 4.74 Å². The standard InChI is InChI=1S/C8H9ClO3/c9-5-3-1-2-4-8(5)6(10)12-7(8)11/h5H,1-4H2. The Balaban J connectivity index is 2.27. The summed E-state index contributed by atoms with van der Waals surface area (Å²) in [5, 5.41) is -0.347. The fourth-order valence-corrected chi connectivity index (χ4v) is 2.34. The molecule has 1 spiro atoms. The molecule has 1 aliphatic carbocycles. The van der Waals surface area contributed by atoms with Crippen molar-refractivity contribution in [3.63, 3.8) is 0 Å². The van der Waals surface area contributed by atoms with Gasteiger partial charge in [0.05, 0.1) is 5.38 Å². The normalized spacial score (nSPS) is 32.9. The first-order valence-corrected chi connectivity index (χ1v) is 4.52. The minimum atomic E-state index is -0.959. The minimum Gasteiger partial charge on any atom is -0.391 e. The van der Waals surface area contributed by atoms with Crippen molar-refractivity contribution in [3.8, 4) is 0 Å². The van der Waals surface area contributed by atoms with E-state index in [1.165, 1.54) is 0 Å². The molecular weight excluding hydrogens is 180 g/mol. The molecule has 12 heavy (non-hydrogen) atoms. The van der Waals surface area contributed by atoms with Crippen molar-refractivity contribution in [1.82, 2.24) is 0 Å². The summed E-state index contributed by atoms with van der Waals surface area (Å²) in [6.07, 6.45) is 3.20. The van der Waals surface area contributed by atoms with Gasteiger partial charge in [0.15, 0.2) is 5.41 Å². The molecule has 1 saturated carbocycles. The van der Waals surface area contributed by atoms with Crippen LogP contribution in [0.25, 0.3) is 0 Å². The lowest BCUT2D eigenvalue weighted by molar-refractivity contribution is -0.199. The molecule has 1 heterocycles. The molecule has 1 aliphatic heterocycles. The van der Waals surface area contributed by atoms with Gasteiger partial charge in [-0.05, 0) is 12.8 Å². The third kappa shape index (κ3) is 0.774. The van der Waals surface area contributed by atoms with Crippen LogP contribution in [0.1, 0.15) is 25.7 Å². The molecule has 0 radical (unpaired) electrons. The smallest absolute Gasteiger partial charge is 0.332 e. The van der Waals surface area contributed by atoms with Gasteiger partial charge in [-0.25, -0.2) is 0 Å². The van der Waals surface area contributed by atoms with Crippen molar-refractivity contribution in [3.05, 3.63) is 0 Å². The predicted octanol–water partition coefficient (Wildman–Crippen LogP) is 1.24. The van der Waals surface area contributed by atoms with E-state index in [1.807, 2.05) is 0 Å². The highest BCUT2D eigenvalue weighted by Crippen LogP contribution is 2.47. The first-order valence-electron chi connectivity index (χ1n) is 4.09. The molecule has 0 bridgehead atoms. The summed E-state index contributed by atoms with van der Waals surface area (Å²) in [7, 11) is 0. The highest BCUT2D eigenvalue weighted by molar-refractivity contribution is 6.28. The topological polar surface area (TPSA) is 43.4 Å². The Bertz CT molecular complexity index is 235. The third-order valence-corrected chi connectivity index (χ3v) is 3.32. The molecular formula is C8H9ClO3. The van der Waals surface area contributed by atoms with Gasteiger partial charge in [0.1, 0.15) is 0 Å². The van der Waals surface area contributed by atoms with Crippen LogP contribution in [0, 0.1) is 5.41 Å². The van der Waals surface area contributed by atoms with E-state index in [0.717, 1.165) is 19.3 Å². The van der Waals surface area contributed by atoms with Gasteiger partial charge in [-0.15, -0.1) is 11.6 Å². The third-order valence-electron chi connectivity index (χ3n) is 2.73. The molecule has 66 valence electrons. The first kappa shape index (κ1) is 8.05. The van der Waals surface area contributed by atoms with Gasteiger partial charge in [0, 0.05) is 0 Å². The maximum atomic E-state index is 11.1. The maximum Gasteiger partial charge on any atom is 0.332 e. The largest absolute Gasteiger partial charge is 0.391 e. The average molecular weight is 189 g/mol. The number of carbonyl (C=O) groups excluding carboxylic acids is 2. The zero-order valence-electron chi connectivity index (χ0n) is 6.51. The number of cyclic esters (lactones) is 2. The van der Waals surface area contributed by atoms with Gasteiger partial charge in [-0.2, -0.15) is 0 Å². The van der Waals surface area contributed by atoms with Crippen LogP contribution in [0.5, 0.6) is 0 Å². The van der Waals surface area contributed by atoms with Gasteiger partial charge in [-0.3, -0.25) is 9.59 Å². The van der Waals surface area contributed by atoms with Gasteiger partial charge in [0.2, 0.25) is 0 Å². The summed E-state index contributed by atoms with van der Waals surface area (Å²) >= 11 is 5.94. The quantitative estimate of drug-likeness (QED) is 0.326. The van der Waals surface area contributed by atoms with Gasteiger partial charge >= 0.3 is 11.9 Å². The highest BCUT2D eigenvalue weighted by Gasteiger charge is 2.63. The molecule has 0 amide bonds. The molecule has 2 rings (SSSR count). The Kier molecular flexibility index (Phi) is 1.65. The molecule has 0 aromatic heterocycles. The number of esters is 2. The maximum absolute atomic E-state index is 11.1. The Morgan fingerprint density at radius 3 is 2.42 bits per heavy atom. The van der Waals surface area contributed by atoms with Crippen LogP contribution in [-0.2, 0) is 14.3 Å². The molecule has 3 nitrogen and oxygen atoms in total. The summed E-state index contributed by atoms with van der Waals surface area (Å²) in [6.45, 7) is 0. The van der Waals surface area contributed by atoms with Crippen molar-refractivity contribution in [2.24, 2.45) is 5.41 Å². The summed E-state index contributed by atoms with van der Waals surface area (Å²) in [5.74, 6) is -0.848. The first-order chi connectivity index (χ1) is 5.68. The molecule has 0 N–H and O–H groups in total. The Hall–Kier alpha value is -0.570. The fraction of sp³-hybridized carbons (Fsp3) is 0.750. The van der Waals surface area contributed by atoms with Crippen molar-refractivity contribution < 1.29 is 14.3 Å². The van der Waals surface area contributed by atoms with Crippen LogP contribution < -0.4 is 0 Å². The van der Waals surface area contributed by atoms with E-state index in [1.54, 1.807) is 0 Å². The number of ether oxygens (including phenoxy) is 1. The monoisotopic (exact) mass is 188 g/mol. The summed E-state index contributed by atoms with van der Waals surface area (Å²) in [4.78, 5) is 22.2. The predicted molar refractivity (Wildman–Crippen MR) is 41.6 cm³/mol. The van der Waals surface area contributed by atoms with E-state index in [0.29, 0.717) is 6.42 Å². The number of hydrogen-bond acceptors (Lipinski definition) is 3.